The van der Waals surface area contributed by atoms with E-state index < -0.39 is 0 Å². The molecular formula is C23H23Zr-. The molecule has 24 heavy (non-hydrogen) atoms. The smallest absolute Gasteiger partial charge is 0 e. The van der Waals surface area contributed by atoms with E-state index in [2.05, 4.69) is 82.3 Å². The fourth-order valence-corrected chi connectivity index (χ4v) is 4.10. The first-order valence-corrected chi connectivity index (χ1v) is 8.45. The van der Waals surface area contributed by atoms with Crippen molar-refractivity contribution in [1.82, 2.24) is 0 Å². The van der Waals surface area contributed by atoms with Gasteiger partial charge in [-0.25, -0.2) is 0 Å². The average molecular weight is 391 g/mol. The second kappa shape index (κ2) is 6.19. The van der Waals surface area contributed by atoms with Crippen LogP contribution < -0.4 is 0 Å². The van der Waals surface area contributed by atoms with Gasteiger partial charge in [0.25, 0.3) is 0 Å². The Labute approximate surface area is 163 Å². The van der Waals surface area contributed by atoms with Gasteiger partial charge in [-0.2, -0.15) is 0 Å². The van der Waals surface area contributed by atoms with Gasteiger partial charge in [0, 0.05) is 26.2 Å². The van der Waals surface area contributed by atoms with Gasteiger partial charge in [-0.3, -0.25) is 0 Å². The first-order valence-electron chi connectivity index (χ1n) is 8.45. The summed E-state index contributed by atoms with van der Waals surface area (Å²) in [6, 6.07) is 17.8. The Morgan fingerprint density at radius 2 is 1.62 bits per heavy atom. The molecular weight excluding hydrogens is 367 g/mol. The largest absolute Gasteiger partial charge is 0.126 e. The molecule has 0 saturated carbocycles. The SMILES string of the molecule is CC1=C(c2cccc3c2[cH-]c2ccccc23)CC=C1C(C)(C)C.[Zr]. The molecule has 0 N–H and O–H groups in total. The van der Waals surface area contributed by atoms with Crippen molar-refractivity contribution in [2.24, 2.45) is 5.41 Å². The normalized spacial score (nSPS) is 15.1. The maximum absolute atomic E-state index is 2.42. The summed E-state index contributed by atoms with van der Waals surface area (Å²) in [6.07, 6.45) is 3.48. The van der Waals surface area contributed by atoms with Gasteiger partial charge < -0.3 is 0 Å². The number of allylic oxidation sites excluding steroid dienone is 4. The van der Waals surface area contributed by atoms with Crippen molar-refractivity contribution in [2.45, 2.75) is 34.1 Å². The average Bonchev–Trinajstić information content (AvgIpc) is 3.07. The van der Waals surface area contributed by atoms with E-state index in [0.717, 1.165) is 6.42 Å². The number of hydrogen-bond acceptors (Lipinski definition) is 0. The monoisotopic (exact) mass is 389 g/mol. The molecule has 0 fully saturated rings. The van der Waals surface area contributed by atoms with Gasteiger partial charge in [-0.15, -0.1) is 33.7 Å². The second-order valence-electron chi connectivity index (χ2n) is 7.67. The molecule has 0 unspecified atom stereocenters. The van der Waals surface area contributed by atoms with E-state index in [1.807, 2.05) is 0 Å². The van der Waals surface area contributed by atoms with Gasteiger partial charge in [0.2, 0.25) is 0 Å². The fourth-order valence-electron chi connectivity index (χ4n) is 4.10. The molecule has 120 valence electrons. The van der Waals surface area contributed by atoms with Crippen LogP contribution in [0.3, 0.4) is 0 Å². The van der Waals surface area contributed by atoms with E-state index in [1.54, 1.807) is 0 Å². The summed E-state index contributed by atoms with van der Waals surface area (Å²) in [4.78, 5) is 0. The summed E-state index contributed by atoms with van der Waals surface area (Å²) in [5, 5.41) is 5.48. The second-order valence-corrected chi connectivity index (χ2v) is 7.67. The van der Waals surface area contributed by atoms with Gasteiger partial charge in [-0.05, 0) is 24.3 Å². The summed E-state index contributed by atoms with van der Waals surface area (Å²) in [6.45, 7) is 9.22. The van der Waals surface area contributed by atoms with E-state index in [-0.39, 0.29) is 31.6 Å². The Bertz CT molecular complexity index is 974. The van der Waals surface area contributed by atoms with E-state index in [0.29, 0.717) is 0 Å². The van der Waals surface area contributed by atoms with Crippen molar-refractivity contribution in [2.75, 3.05) is 0 Å². The third-order valence-corrected chi connectivity index (χ3v) is 5.16. The quantitative estimate of drug-likeness (QED) is 0.398. The molecule has 0 radical (unpaired) electrons. The molecule has 3 aromatic rings. The van der Waals surface area contributed by atoms with Crippen LogP contribution in [-0.4, -0.2) is 0 Å². The van der Waals surface area contributed by atoms with Gasteiger partial charge >= 0.3 is 0 Å². The molecule has 3 aromatic carbocycles. The Morgan fingerprint density at radius 3 is 2.33 bits per heavy atom. The van der Waals surface area contributed by atoms with Crippen molar-refractivity contribution >= 4 is 27.1 Å². The molecule has 1 aliphatic carbocycles. The Kier molecular flexibility index (Phi) is 4.51. The van der Waals surface area contributed by atoms with Crippen molar-refractivity contribution < 1.29 is 26.2 Å². The maximum atomic E-state index is 2.42. The minimum absolute atomic E-state index is 0. The topological polar surface area (TPSA) is 0 Å². The van der Waals surface area contributed by atoms with Crippen LogP contribution in [0.4, 0.5) is 0 Å². The zero-order valence-corrected chi connectivity index (χ0v) is 17.4. The predicted molar refractivity (Wildman–Crippen MR) is 102 cm³/mol. The molecule has 0 atom stereocenters. The van der Waals surface area contributed by atoms with Gasteiger partial charge in [0.1, 0.15) is 0 Å². The fraction of sp³-hybridized carbons (Fsp3) is 0.261. The van der Waals surface area contributed by atoms with Crippen molar-refractivity contribution in [3.05, 3.63) is 71.3 Å². The number of rotatable bonds is 1. The number of benzene rings is 2. The van der Waals surface area contributed by atoms with Crippen molar-refractivity contribution in [3.8, 4) is 0 Å². The van der Waals surface area contributed by atoms with Crippen LogP contribution in [0.1, 0.15) is 39.7 Å². The van der Waals surface area contributed by atoms with Crippen LogP contribution in [-0.2, 0) is 26.2 Å². The summed E-state index contributed by atoms with van der Waals surface area (Å²) in [5.74, 6) is 0. The molecule has 0 nitrogen and oxygen atoms in total. The molecule has 4 rings (SSSR count). The molecule has 0 spiro atoms. The first kappa shape index (κ1) is 17.5. The molecule has 1 aliphatic rings. The maximum Gasteiger partial charge on any atom is 0 e. The Morgan fingerprint density at radius 1 is 0.917 bits per heavy atom. The van der Waals surface area contributed by atoms with E-state index in [9.17, 15) is 0 Å². The van der Waals surface area contributed by atoms with Crippen LogP contribution in [0, 0.1) is 5.41 Å². The van der Waals surface area contributed by atoms with Crippen LogP contribution >= 0.6 is 0 Å². The van der Waals surface area contributed by atoms with Gasteiger partial charge in [0.15, 0.2) is 0 Å². The number of fused-ring (bicyclic) bond motifs is 3. The zero-order valence-electron chi connectivity index (χ0n) is 14.9. The van der Waals surface area contributed by atoms with Gasteiger partial charge in [-0.1, -0.05) is 80.0 Å². The van der Waals surface area contributed by atoms with Crippen LogP contribution in [0.5, 0.6) is 0 Å². The summed E-state index contributed by atoms with van der Waals surface area (Å²) >= 11 is 0. The first-order chi connectivity index (χ1) is 11.0. The predicted octanol–water partition coefficient (Wildman–Crippen LogP) is 6.86. The summed E-state index contributed by atoms with van der Waals surface area (Å²) < 4.78 is 0. The number of hydrogen-bond donors (Lipinski definition) is 0. The molecule has 0 heterocycles. The molecule has 0 aromatic heterocycles. The van der Waals surface area contributed by atoms with Crippen LogP contribution in [0.25, 0.3) is 27.1 Å². The van der Waals surface area contributed by atoms with Crippen molar-refractivity contribution in [3.63, 3.8) is 0 Å². The third-order valence-electron chi connectivity index (χ3n) is 5.16. The van der Waals surface area contributed by atoms with Crippen molar-refractivity contribution in [1.29, 1.82) is 0 Å². The summed E-state index contributed by atoms with van der Waals surface area (Å²) in [5.41, 5.74) is 6.09. The third kappa shape index (κ3) is 2.68. The van der Waals surface area contributed by atoms with Crippen LogP contribution in [0.2, 0.25) is 0 Å². The molecule has 0 saturated heterocycles. The van der Waals surface area contributed by atoms with Crippen LogP contribution in [0.15, 0.2) is 65.8 Å². The molecule has 0 aliphatic heterocycles. The Balaban J connectivity index is 0.00000169. The van der Waals surface area contributed by atoms with Gasteiger partial charge in [0.05, 0.1) is 0 Å². The molecule has 0 amide bonds. The van der Waals surface area contributed by atoms with E-state index >= 15 is 0 Å². The minimum atomic E-state index is 0. The van der Waals surface area contributed by atoms with E-state index in [1.165, 1.54) is 43.8 Å². The zero-order chi connectivity index (χ0) is 16.2. The standard InChI is InChI=1S/C23H23.Zr/c1-15-17(12-13-22(15)23(2,3)4)19-10-7-11-20-18-9-6-5-8-16(18)14-21(19)20;/h5-11,13-14H,12H2,1-4H3;/q-1;. The molecule has 1 heteroatoms. The summed E-state index contributed by atoms with van der Waals surface area (Å²) in [7, 11) is 0. The van der Waals surface area contributed by atoms with E-state index in [4.69, 9.17) is 0 Å². The minimum Gasteiger partial charge on any atom is -0.126 e. The molecule has 0 bridgehead atoms. The Hall–Kier alpha value is -1.33.